The van der Waals surface area contributed by atoms with E-state index in [2.05, 4.69) is 15.0 Å². The van der Waals surface area contributed by atoms with Gasteiger partial charge < -0.3 is 15.2 Å². The number of fused-ring (bicyclic) bond motifs is 1. The van der Waals surface area contributed by atoms with Crippen molar-refractivity contribution in [3.05, 3.63) is 5.82 Å². The molecule has 5 nitrogen and oxygen atoms in total. The van der Waals surface area contributed by atoms with Gasteiger partial charge in [0, 0.05) is 18.6 Å². The van der Waals surface area contributed by atoms with E-state index in [1.165, 1.54) is 6.42 Å². The lowest BCUT2D eigenvalue weighted by Gasteiger charge is -2.32. The summed E-state index contributed by atoms with van der Waals surface area (Å²) in [5, 5.41) is 3.77. The third-order valence-electron chi connectivity index (χ3n) is 3.13. The first-order valence-electron chi connectivity index (χ1n) is 4.58. The fourth-order valence-electron chi connectivity index (χ4n) is 2.28. The Morgan fingerprint density at radius 1 is 1.62 bits per heavy atom. The molecule has 3 unspecified atom stereocenters. The normalized spacial score (nSPS) is 36.5. The molecule has 3 aliphatic rings. The van der Waals surface area contributed by atoms with Crippen LogP contribution in [0.15, 0.2) is 4.52 Å². The van der Waals surface area contributed by atoms with Crippen molar-refractivity contribution in [2.75, 3.05) is 11.4 Å². The SMILES string of the molecule is Cc1noc(N2CC3CC2C3N)n1. The second-order valence-corrected chi connectivity index (χ2v) is 3.92. The van der Waals surface area contributed by atoms with Crippen molar-refractivity contribution in [2.24, 2.45) is 11.7 Å². The minimum absolute atomic E-state index is 0.312. The van der Waals surface area contributed by atoms with Gasteiger partial charge in [-0.3, -0.25) is 0 Å². The standard InChI is InChI=1S/C8H12N4O/c1-4-10-8(13-11-4)12-3-5-2-6(12)7(5)9/h5-7H,2-3,9H2,1H3. The summed E-state index contributed by atoms with van der Waals surface area (Å²) in [7, 11) is 0. The Balaban J connectivity index is 1.88. The highest BCUT2D eigenvalue weighted by molar-refractivity contribution is 5.37. The molecule has 70 valence electrons. The van der Waals surface area contributed by atoms with E-state index in [9.17, 15) is 0 Å². The van der Waals surface area contributed by atoms with Crippen molar-refractivity contribution in [2.45, 2.75) is 25.4 Å². The summed E-state index contributed by atoms with van der Waals surface area (Å²) < 4.78 is 5.10. The molecule has 2 bridgehead atoms. The molecule has 2 N–H and O–H groups in total. The van der Waals surface area contributed by atoms with E-state index in [-0.39, 0.29) is 0 Å². The minimum Gasteiger partial charge on any atom is -0.326 e. The lowest BCUT2D eigenvalue weighted by atomic mass is 9.81. The summed E-state index contributed by atoms with van der Waals surface area (Å²) >= 11 is 0. The van der Waals surface area contributed by atoms with Crippen molar-refractivity contribution < 1.29 is 4.52 Å². The van der Waals surface area contributed by atoms with Gasteiger partial charge >= 0.3 is 6.01 Å². The summed E-state index contributed by atoms with van der Waals surface area (Å²) in [6.07, 6.45) is 1.18. The molecule has 3 fully saturated rings. The molecule has 4 rings (SSSR count). The van der Waals surface area contributed by atoms with Gasteiger partial charge in [0.2, 0.25) is 0 Å². The molecule has 2 aliphatic heterocycles. The van der Waals surface area contributed by atoms with Crippen LogP contribution < -0.4 is 10.6 Å². The van der Waals surface area contributed by atoms with Gasteiger partial charge in [0.25, 0.3) is 0 Å². The number of rotatable bonds is 1. The van der Waals surface area contributed by atoms with Crippen molar-refractivity contribution in [1.29, 1.82) is 0 Å². The molecule has 1 aliphatic carbocycles. The minimum atomic E-state index is 0.312. The predicted octanol–water partition coefficient (Wildman–Crippen LogP) is -0.0862. The zero-order chi connectivity index (χ0) is 9.00. The summed E-state index contributed by atoms with van der Waals surface area (Å²) in [5.41, 5.74) is 5.93. The maximum Gasteiger partial charge on any atom is 0.324 e. The Morgan fingerprint density at radius 2 is 2.46 bits per heavy atom. The first-order valence-corrected chi connectivity index (χ1v) is 4.58. The van der Waals surface area contributed by atoms with Crippen LogP contribution in [0.25, 0.3) is 0 Å². The van der Waals surface area contributed by atoms with E-state index < -0.39 is 0 Å². The number of aryl methyl sites for hydroxylation is 1. The van der Waals surface area contributed by atoms with Gasteiger partial charge in [0.15, 0.2) is 5.82 Å². The fraction of sp³-hybridized carbons (Fsp3) is 0.750. The summed E-state index contributed by atoms with van der Waals surface area (Å²) in [4.78, 5) is 6.33. The highest BCUT2D eigenvalue weighted by atomic mass is 16.5. The van der Waals surface area contributed by atoms with Crippen molar-refractivity contribution >= 4 is 6.01 Å². The summed E-state index contributed by atoms with van der Waals surface area (Å²) in [5.74, 6) is 1.32. The van der Waals surface area contributed by atoms with Crippen molar-refractivity contribution in [3.8, 4) is 0 Å². The number of anilines is 1. The molecular formula is C8H12N4O. The molecule has 1 aromatic heterocycles. The van der Waals surface area contributed by atoms with Gasteiger partial charge in [-0.25, -0.2) is 0 Å². The van der Waals surface area contributed by atoms with Gasteiger partial charge in [-0.05, 0) is 19.3 Å². The highest BCUT2D eigenvalue weighted by Gasteiger charge is 2.51. The molecule has 1 saturated carbocycles. The van der Waals surface area contributed by atoms with E-state index in [1.54, 1.807) is 0 Å². The van der Waals surface area contributed by atoms with Gasteiger partial charge in [-0.2, -0.15) is 4.98 Å². The zero-order valence-corrected chi connectivity index (χ0v) is 7.47. The predicted molar refractivity (Wildman–Crippen MR) is 46.3 cm³/mol. The number of nitrogens with zero attached hydrogens (tertiary/aromatic N) is 3. The van der Waals surface area contributed by atoms with Crippen molar-refractivity contribution in [3.63, 3.8) is 0 Å². The number of nitrogens with two attached hydrogens (primary N) is 1. The molecule has 13 heavy (non-hydrogen) atoms. The van der Waals surface area contributed by atoms with Crippen LogP contribution in [0.3, 0.4) is 0 Å². The first kappa shape index (κ1) is 7.32. The molecule has 3 heterocycles. The van der Waals surface area contributed by atoms with Crippen LogP contribution in [0, 0.1) is 12.8 Å². The summed E-state index contributed by atoms with van der Waals surface area (Å²) in [6, 6.07) is 1.38. The average Bonchev–Trinajstić information content (AvgIpc) is 2.74. The number of aromatic nitrogens is 2. The third-order valence-corrected chi connectivity index (χ3v) is 3.13. The van der Waals surface area contributed by atoms with E-state index in [0.717, 1.165) is 6.54 Å². The maximum absolute atomic E-state index is 5.93. The zero-order valence-electron chi connectivity index (χ0n) is 7.47. The molecule has 0 radical (unpaired) electrons. The quantitative estimate of drug-likeness (QED) is 0.654. The molecule has 1 aromatic rings. The van der Waals surface area contributed by atoms with Gasteiger partial charge in [0.1, 0.15) is 0 Å². The van der Waals surface area contributed by atoms with E-state index in [4.69, 9.17) is 10.3 Å². The van der Waals surface area contributed by atoms with Crippen LogP contribution in [0.4, 0.5) is 6.01 Å². The monoisotopic (exact) mass is 180 g/mol. The van der Waals surface area contributed by atoms with Crippen LogP contribution in [0.5, 0.6) is 0 Å². The van der Waals surface area contributed by atoms with E-state index in [1.807, 2.05) is 6.92 Å². The molecule has 0 amide bonds. The topological polar surface area (TPSA) is 68.2 Å². The molecule has 0 aromatic carbocycles. The summed E-state index contributed by atoms with van der Waals surface area (Å²) in [6.45, 7) is 2.81. The molecule has 2 saturated heterocycles. The molecule has 0 spiro atoms. The lowest BCUT2D eigenvalue weighted by molar-refractivity contribution is 0.306. The van der Waals surface area contributed by atoms with Gasteiger partial charge in [-0.15, -0.1) is 0 Å². The van der Waals surface area contributed by atoms with E-state index in [0.29, 0.717) is 29.8 Å². The molecule has 5 heteroatoms. The van der Waals surface area contributed by atoms with Crippen LogP contribution >= 0.6 is 0 Å². The van der Waals surface area contributed by atoms with Gasteiger partial charge in [0.05, 0.1) is 0 Å². The van der Waals surface area contributed by atoms with Crippen LogP contribution in [-0.4, -0.2) is 28.8 Å². The maximum atomic E-state index is 5.93. The second-order valence-electron chi connectivity index (χ2n) is 3.92. The third kappa shape index (κ3) is 0.848. The highest BCUT2D eigenvalue weighted by Crippen LogP contribution is 2.41. The Hall–Kier alpha value is -1.10. The second kappa shape index (κ2) is 2.23. The van der Waals surface area contributed by atoms with Crippen molar-refractivity contribution in [1.82, 2.24) is 10.1 Å². The van der Waals surface area contributed by atoms with Crippen LogP contribution in [-0.2, 0) is 0 Å². The van der Waals surface area contributed by atoms with E-state index >= 15 is 0 Å². The number of hydrogen-bond acceptors (Lipinski definition) is 5. The Morgan fingerprint density at radius 3 is 2.92 bits per heavy atom. The Bertz CT molecular complexity index is 337. The largest absolute Gasteiger partial charge is 0.326 e. The Labute approximate surface area is 75.9 Å². The van der Waals surface area contributed by atoms with Gasteiger partial charge in [-0.1, -0.05) is 5.16 Å². The number of hydrogen-bond donors (Lipinski definition) is 1. The molecular weight excluding hydrogens is 168 g/mol. The van der Waals surface area contributed by atoms with Crippen LogP contribution in [0.2, 0.25) is 0 Å². The smallest absolute Gasteiger partial charge is 0.324 e. The fourth-order valence-corrected chi connectivity index (χ4v) is 2.28. The first-order chi connectivity index (χ1) is 6.25. The lowest BCUT2D eigenvalue weighted by Crippen LogP contribution is -2.49. The average molecular weight is 180 g/mol. The Kier molecular flexibility index (Phi) is 1.25. The van der Waals surface area contributed by atoms with Crippen LogP contribution in [0.1, 0.15) is 12.2 Å². The molecule has 3 atom stereocenters.